The molecule has 0 atom stereocenters. The molecule has 1 fully saturated rings. The number of carbonyl (C=O) groups excluding carboxylic acids is 1. The first-order valence-corrected chi connectivity index (χ1v) is 8.26. The van der Waals surface area contributed by atoms with Gasteiger partial charge in [-0.2, -0.15) is 0 Å². The van der Waals surface area contributed by atoms with E-state index in [2.05, 4.69) is 25.8 Å². The van der Waals surface area contributed by atoms with E-state index in [0.717, 1.165) is 10.3 Å². The maximum Gasteiger partial charge on any atom is 0.254 e. The van der Waals surface area contributed by atoms with E-state index in [0.29, 0.717) is 37.3 Å². The van der Waals surface area contributed by atoms with Crippen molar-refractivity contribution in [2.45, 2.75) is 6.92 Å². The fourth-order valence-corrected chi connectivity index (χ4v) is 2.84. The quantitative estimate of drug-likeness (QED) is 0.805. The third-order valence-electron chi connectivity index (χ3n) is 4.02. The van der Waals surface area contributed by atoms with Crippen LogP contribution in [0.2, 0.25) is 0 Å². The van der Waals surface area contributed by atoms with Gasteiger partial charge in [0.05, 0.1) is 0 Å². The van der Waals surface area contributed by atoms with Gasteiger partial charge in [0.1, 0.15) is 11.6 Å². The van der Waals surface area contributed by atoms with Crippen LogP contribution in [0.15, 0.2) is 41.0 Å². The smallest absolute Gasteiger partial charge is 0.254 e. The van der Waals surface area contributed by atoms with Crippen LogP contribution in [-0.4, -0.2) is 42.0 Å². The molecule has 0 N–H and O–H groups in total. The maximum atomic E-state index is 13.6. The zero-order valence-corrected chi connectivity index (χ0v) is 14.4. The molecule has 3 rings (SSSR count). The molecule has 6 heteroatoms. The van der Waals surface area contributed by atoms with Crippen LogP contribution < -0.4 is 4.90 Å². The Morgan fingerprint density at radius 1 is 1.17 bits per heavy atom. The summed E-state index contributed by atoms with van der Waals surface area (Å²) in [5.74, 6) is 0.447. The van der Waals surface area contributed by atoms with E-state index in [1.165, 1.54) is 6.07 Å². The molecule has 1 aromatic heterocycles. The molecule has 0 radical (unpaired) electrons. The Morgan fingerprint density at radius 2 is 1.91 bits per heavy atom. The lowest BCUT2D eigenvalue weighted by atomic mass is 10.1. The van der Waals surface area contributed by atoms with Crippen molar-refractivity contribution in [1.29, 1.82) is 0 Å². The van der Waals surface area contributed by atoms with Crippen molar-refractivity contribution in [1.82, 2.24) is 9.88 Å². The molecule has 0 unspecified atom stereocenters. The van der Waals surface area contributed by atoms with Gasteiger partial charge in [-0.05, 0) is 52.7 Å². The second-order valence-corrected chi connectivity index (χ2v) is 6.49. The summed E-state index contributed by atoms with van der Waals surface area (Å²) in [5, 5.41) is 0. The van der Waals surface area contributed by atoms with Gasteiger partial charge >= 0.3 is 0 Å². The van der Waals surface area contributed by atoms with Crippen LogP contribution in [0, 0.1) is 12.7 Å². The lowest BCUT2D eigenvalue weighted by molar-refractivity contribution is 0.0746. The number of halogens is 2. The number of hydrogen-bond acceptors (Lipinski definition) is 3. The minimum absolute atomic E-state index is 0.118. The Morgan fingerprint density at radius 3 is 2.52 bits per heavy atom. The average molecular weight is 378 g/mol. The van der Waals surface area contributed by atoms with Crippen molar-refractivity contribution >= 4 is 27.7 Å². The van der Waals surface area contributed by atoms with Gasteiger partial charge in [-0.1, -0.05) is 6.07 Å². The number of benzene rings is 1. The number of carbonyl (C=O) groups is 1. The van der Waals surface area contributed by atoms with E-state index in [1.54, 1.807) is 30.2 Å². The standard InChI is InChI=1S/C17H17BrFN3O/c1-12-2-3-13(10-15(12)19)17(23)22-8-6-21(7-9-22)16-5-4-14(18)11-20-16/h2-5,10-11H,6-9H2,1H3. The normalized spacial score (nSPS) is 14.9. The van der Waals surface area contributed by atoms with Crippen LogP contribution in [0.4, 0.5) is 10.2 Å². The number of amides is 1. The topological polar surface area (TPSA) is 36.4 Å². The highest BCUT2D eigenvalue weighted by atomic mass is 79.9. The molecular formula is C17H17BrFN3O. The molecule has 1 saturated heterocycles. The Kier molecular flexibility index (Phi) is 4.61. The molecule has 23 heavy (non-hydrogen) atoms. The van der Waals surface area contributed by atoms with Crippen LogP contribution in [0.5, 0.6) is 0 Å². The summed E-state index contributed by atoms with van der Waals surface area (Å²) in [6, 6.07) is 8.56. The van der Waals surface area contributed by atoms with Gasteiger partial charge in [-0.3, -0.25) is 4.79 Å². The molecule has 2 aromatic rings. The first kappa shape index (κ1) is 15.9. The van der Waals surface area contributed by atoms with Crippen molar-refractivity contribution in [3.05, 3.63) is 57.9 Å². The Bertz CT molecular complexity index is 712. The van der Waals surface area contributed by atoms with Gasteiger partial charge < -0.3 is 9.80 Å². The largest absolute Gasteiger partial charge is 0.353 e. The molecule has 0 spiro atoms. The third kappa shape index (κ3) is 3.52. The molecule has 4 nitrogen and oxygen atoms in total. The highest BCUT2D eigenvalue weighted by Crippen LogP contribution is 2.18. The summed E-state index contributed by atoms with van der Waals surface area (Å²) < 4.78 is 14.6. The fourth-order valence-electron chi connectivity index (χ4n) is 2.60. The first-order valence-electron chi connectivity index (χ1n) is 7.46. The summed E-state index contributed by atoms with van der Waals surface area (Å²) in [6.07, 6.45) is 1.77. The molecule has 0 aliphatic carbocycles. The Hall–Kier alpha value is -1.95. The predicted octanol–water partition coefficient (Wildman–Crippen LogP) is 3.25. The zero-order valence-electron chi connectivity index (χ0n) is 12.8. The summed E-state index contributed by atoms with van der Waals surface area (Å²) in [6.45, 7) is 4.33. The van der Waals surface area contributed by atoms with Crippen LogP contribution in [0.1, 0.15) is 15.9 Å². The number of pyridine rings is 1. The number of anilines is 1. The zero-order chi connectivity index (χ0) is 16.4. The lowest BCUT2D eigenvalue weighted by Gasteiger charge is -2.35. The maximum absolute atomic E-state index is 13.6. The molecule has 1 aliphatic heterocycles. The minimum Gasteiger partial charge on any atom is -0.353 e. The summed E-state index contributed by atoms with van der Waals surface area (Å²) in [5.41, 5.74) is 0.955. The highest BCUT2D eigenvalue weighted by molar-refractivity contribution is 9.10. The molecule has 1 aromatic carbocycles. The van der Waals surface area contributed by atoms with Crippen LogP contribution in [-0.2, 0) is 0 Å². The molecular weight excluding hydrogens is 361 g/mol. The summed E-state index contributed by atoms with van der Waals surface area (Å²) in [7, 11) is 0. The number of aromatic nitrogens is 1. The second kappa shape index (κ2) is 6.66. The van der Waals surface area contributed by atoms with E-state index in [-0.39, 0.29) is 11.7 Å². The monoisotopic (exact) mass is 377 g/mol. The van der Waals surface area contributed by atoms with Crippen molar-refractivity contribution < 1.29 is 9.18 Å². The molecule has 1 amide bonds. The number of hydrogen-bond donors (Lipinski definition) is 0. The van der Waals surface area contributed by atoms with Gasteiger partial charge in [-0.25, -0.2) is 9.37 Å². The second-order valence-electron chi connectivity index (χ2n) is 5.58. The molecule has 1 aliphatic rings. The minimum atomic E-state index is -0.339. The predicted molar refractivity (Wildman–Crippen MR) is 91.2 cm³/mol. The fraction of sp³-hybridized carbons (Fsp3) is 0.294. The Labute approximate surface area is 143 Å². The van der Waals surface area contributed by atoms with E-state index in [1.807, 2.05) is 12.1 Å². The number of nitrogens with zero attached hydrogens (tertiary/aromatic N) is 3. The lowest BCUT2D eigenvalue weighted by Crippen LogP contribution is -2.49. The number of piperazine rings is 1. The molecule has 120 valence electrons. The number of aryl methyl sites for hydroxylation is 1. The van der Waals surface area contributed by atoms with Crippen molar-refractivity contribution in [2.24, 2.45) is 0 Å². The van der Waals surface area contributed by atoms with Gasteiger partial charge in [0, 0.05) is 42.4 Å². The number of rotatable bonds is 2. The van der Waals surface area contributed by atoms with Crippen LogP contribution >= 0.6 is 15.9 Å². The van der Waals surface area contributed by atoms with E-state index in [4.69, 9.17) is 0 Å². The van der Waals surface area contributed by atoms with Gasteiger partial charge in [0.25, 0.3) is 5.91 Å². The van der Waals surface area contributed by atoms with Crippen LogP contribution in [0.3, 0.4) is 0 Å². The van der Waals surface area contributed by atoms with E-state index < -0.39 is 0 Å². The van der Waals surface area contributed by atoms with E-state index in [9.17, 15) is 9.18 Å². The third-order valence-corrected chi connectivity index (χ3v) is 4.49. The van der Waals surface area contributed by atoms with Crippen LogP contribution in [0.25, 0.3) is 0 Å². The van der Waals surface area contributed by atoms with Crippen molar-refractivity contribution in [3.63, 3.8) is 0 Å². The molecule has 0 bridgehead atoms. The summed E-state index contributed by atoms with van der Waals surface area (Å²) in [4.78, 5) is 20.8. The summed E-state index contributed by atoms with van der Waals surface area (Å²) >= 11 is 3.37. The van der Waals surface area contributed by atoms with Crippen molar-refractivity contribution in [2.75, 3.05) is 31.1 Å². The average Bonchev–Trinajstić information content (AvgIpc) is 2.57. The highest BCUT2D eigenvalue weighted by Gasteiger charge is 2.23. The van der Waals surface area contributed by atoms with E-state index >= 15 is 0 Å². The van der Waals surface area contributed by atoms with Crippen molar-refractivity contribution in [3.8, 4) is 0 Å². The molecule has 2 heterocycles. The first-order chi connectivity index (χ1) is 11.0. The SMILES string of the molecule is Cc1ccc(C(=O)N2CCN(c3ccc(Br)cn3)CC2)cc1F. The Balaban J connectivity index is 1.65. The van der Waals surface area contributed by atoms with Gasteiger partial charge in [0.15, 0.2) is 0 Å². The molecule has 0 saturated carbocycles. The van der Waals surface area contributed by atoms with Gasteiger partial charge in [-0.15, -0.1) is 0 Å². The van der Waals surface area contributed by atoms with Gasteiger partial charge in [0.2, 0.25) is 0 Å².